The van der Waals surface area contributed by atoms with E-state index in [1.54, 1.807) is 6.07 Å². The quantitative estimate of drug-likeness (QED) is 0.730. The third-order valence-corrected chi connectivity index (χ3v) is 4.45. The first-order valence-corrected chi connectivity index (χ1v) is 8.49. The van der Waals surface area contributed by atoms with Crippen molar-refractivity contribution in [1.82, 2.24) is 10.2 Å². The van der Waals surface area contributed by atoms with Crippen LogP contribution in [0.4, 0.5) is 0 Å². The van der Waals surface area contributed by atoms with E-state index >= 15 is 0 Å². The lowest BCUT2D eigenvalue weighted by Crippen LogP contribution is -2.85. The summed E-state index contributed by atoms with van der Waals surface area (Å²) in [6.07, 6.45) is 0. The van der Waals surface area contributed by atoms with E-state index in [4.69, 9.17) is 27.6 Å². The van der Waals surface area contributed by atoms with Gasteiger partial charge in [0.05, 0.1) is 0 Å². The van der Waals surface area contributed by atoms with Crippen LogP contribution in [0.15, 0.2) is 52.9 Å². The molecule has 2 atom stereocenters. The van der Waals surface area contributed by atoms with Gasteiger partial charge in [-0.3, -0.25) is 0 Å². The van der Waals surface area contributed by atoms with Crippen molar-refractivity contribution in [3.8, 4) is 11.5 Å². The second-order valence-corrected chi connectivity index (χ2v) is 6.59. The number of benzene rings is 2. The van der Waals surface area contributed by atoms with Crippen molar-refractivity contribution < 1.29 is 9.73 Å². The van der Waals surface area contributed by atoms with Gasteiger partial charge < -0.3 is 9.73 Å². The van der Waals surface area contributed by atoms with Crippen molar-refractivity contribution in [3.05, 3.63) is 70.0 Å². The molecule has 124 valence electrons. The maximum atomic E-state index is 6.26. The van der Waals surface area contributed by atoms with E-state index in [9.17, 15) is 0 Å². The fraction of sp³-hybridized carbons (Fsp3) is 0.222. The van der Waals surface area contributed by atoms with Gasteiger partial charge in [-0.1, -0.05) is 47.5 Å². The average molecular weight is 363 g/mol. The number of rotatable bonds is 5. The lowest BCUT2D eigenvalue weighted by atomic mass is 10.1. The molecule has 0 saturated heterocycles. The summed E-state index contributed by atoms with van der Waals surface area (Å²) in [5.41, 5.74) is 1.90. The molecule has 2 aromatic carbocycles. The molecular formula is C18H18Cl2N3O+. The van der Waals surface area contributed by atoms with E-state index in [0.717, 1.165) is 16.1 Å². The average Bonchev–Trinajstić information content (AvgIpc) is 3.05. The Morgan fingerprint density at radius 3 is 2.50 bits per heavy atom. The van der Waals surface area contributed by atoms with Crippen molar-refractivity contribution in [2.45, 2.75) is 25.9 Å². The zero-order chi connectivity index (χ0) is 17.1. The number of aromatic nitrogens is 2. The second-order valence-electron chi connectivity index (χ2n) is 5.75. The molecule has 0 unspecified atom stereocenters. The highest BCUT2D eigenvalue weighted by Crippen LogP contribution is 2.24. The summed E-state index contributed by atoms with van der Waals surface area (Å²) in [4.78, 5) is 0. The van der Waals surface area contributed by atoms with Gasteiger partial charge in [0.25, 0.3) is 5.89 Å². The molecule has 0 aliphatic carbocycles. The summed E-state index contributed by atoms with van der Waals surface area (Å²) in [6, 6.07) is 15.4. The molecule has 0 spiro atoms. The minimum Gasteiger partial charge on any atom is -0.415 e. The van der Waals surface area contributed by atoms with Crippen LogP contribution in [0.3, 0.4) is 0 Å². The molecule has 0 radical (unpaired) electrons. The van der Waals surface area contributed by atoms with Crippen LogP contribution in [-0.2, 0) is 0 Å². The number of nitrogens with zero attached hydrogens (tertiary/aromatic N) is 2. The summed E-state index contributed by atoms with van der Waals surface area (Å²) >= 11 is 12.3. The zero-order valence-electron chi connectivity index (χ0n) is 13.4. The molecule has 1 aromatic heterocycles. The van der Waals surface area contributed by atoms with Crippen molar-refractivity contribution in [3.63, 3.8) is 0 Å². The van der Waals surface area contributed by atoms with Gasteiger partial charge >= 0.3 is 0 Å². The standard InChI is InChI=1S/C18H17Cl2N3O/c1-11(15-8-3-4-9-16(15)20)21-12(2)17-22-23-18(24-17)13-6-5-7-14(19)10-13/h3-12,21H,1-2H3/p+1/t11-,12+/m1/s1. The summed E-state index contributed by atoms with van der Waals surface area (Å²) in [5.74, 6) is 1.04. The van der Waals surface area contributed by atoms with Crippen LogP contribution in [0.25, 0.3) is 11.5 Å². The number of halogens is 2. The smallest absolute Gasteiger partial charge is 0.274 e. The summed E-state index contributed by atoms with van der Waals surface area (Å²) < 4.78 is 5.81. The Balaban J connectivity index is 1.74. The number of nitrogens with two attached hydrogens (primary N) is 1. The second kappa shape index (κ2) is 7.34. The van der Waals surface area contributed by atoms with Crippen LogP contribution < -0.4 is 5.32 Å². The maximum Gasteiger partial charge on any atom is 0.274 e. The molecule has 3 aromatic rings. The highest BCUT2D eigenvalue weighted by Gasteiger charge is 2.22. The fourth-order valence-corrected chi connectivity index (χ4v) is 3.12. The van der Waals surface area contributed by atoms with Gasteiger partial charge in [0, 0.05) is 21.2 Å². The van der Waals surface area contributed by atoms with Crippen LogP contribution in [0.1, 0.15) is 37.4 Å². The van der Waals surface area contributed by atoms with Gasteiger partial charge in [-0.05, 0) is 38.1 Å². The molecule has 0 aliphatic rings. The summed E-state index contributed by atoms with van der Waals surface area (Å²) in [7, 11) is 0. The Morgan fingerprint density at radius 1 is 0.958 bits per heavy atom. The van der Waals surface area contributed by atoms with Crippen molar-refractivity contribution >= 4 is 23.2 Å². The van der Waals surface area contributed by atoms with Gasteiger partial charge in [-0.25, -0.2) is 0 Å². The van der Waals surface area contributed by atoms with Crippen LogP contribution in [0.5, 0.6) is 0 Å². The number of quaternary nitrogens is 1. The van der Waals surface area contributed by atoms with E-state index in [0.29, 0.717) is 16.8 Å². The van der Waals surface area contributed by atoms with E-state index in [2.05, 4.69) is 22.4 Å². The Kier molecular flexibility index (Phi) is 5.19. The highest BCUT2D eigenvalue weighted by molar-refractivity contribution is 6.31. The Morgan fingerprint density at radius 2 is 1.75 bits per heavy atom. The lowest BCUT2D eigenvalue weighted by Gasteiger charge is -2.15. The first kappa shape index (κ1) is 17.0. The Labute approximate surface area is 150 Å². The molecule has 0 bridgehead atoms. The number of hydrogen-bond donors (Lipinski definition) is 1. The minimum absolute atomic E-state index is 0.0108. The van der Waals surface area contributed by atoms with Crippen molar-refractivity contribution in [2.75, 3.05) is 0 Å². The molecule has 0 saturated carbocycles. The van der Waals surface area contributed by atoms with Crippen LogP contribution in [-0.4, -0.2) is 10.2 Å². The molecular weight excluding hydrogens is 345 g/mol. The Hall–Kier alpha value is -1.88. The first-order valence-electron chi connectivity index (χ1n) is 7.73. The van der Waals surface area contributed by atoms with Gasteiger partial charge in [0.2, 0.25) is 5.89 Å². The van der Waals surface area contributed by atoms with Crippen LogP contribution >= 0.6 is 23.2 Å². The van der Waals surface area contributed by atoms with E-state index in [1.807, 2.05) is 49.4 Å². The molecule has 0 amide bonds. The third-order valence-electron chi connectivity index (χ3n) is 3.87. The predicted molar refractivity (Wildman–Crippen MR) is 95.0 cm³/mol. The van der Waals surface area contributed by atoms with E-state index in [-0.39, 0.29) is 12.1 Å². The molecule has 4 nitrogen and oxygen atoms in total. The normalized spacial score (nSPS) is 13.7. The molecule has 0 aliphatic heterocycles. The number of hydrogen-bond acceptors (Lipinski definition) is 3. The van der Waals surface area contributed by atoms with Crippen LogP contribution in [0, 0.1) is 0 Å². The van der Waals surface area contributed by atoms with Crippen molar-refractivity contribution in [1.29, 1.82) is 0 Å². The van der Waals surface area contributed by atoms with Gasteiger partial charge in [0.1, 0.15) is 6.04 Å². The first-order chi connectivity index (χ1) is 11.5. The minimum atomic E-state index is 0.0108. The third kappa shape index (κ3) is 3.78. The molecule has 0 fully saturated rings. The summed E-state index contributed by atoms with van der Waals surface area (Å²) in [5, 5.41) is 11.8. The van der Waals surface area contributed by atoms with Gasteiger partial charge in [0.15, 0.2) is 6.04 Å². The molecule has 6 heteroatoms. The maximum absolute atomic E-state index is 6.26. The van der Waals surface area contributed by atoms with Gasteiger partial charge in [-0.2, -0.15) is 0 Å². The topological polar surface area (TPSA) is 55.5 Å². The van der Waals surface area contributed by atoms with E-state index in [1.165, 1.54) is 0 Å². The van der Waals surface area contributed by atoms with Crippen LogP contribution in [0.2, 0.25) is 10.0 Å². The lowest BCUT2D eigenvalue weighted by molar-refractivity contribution is -0.730. The predicted octanol–water partition coefficient (Wildman–Crippen LogP) is 4.43. The SMILES string of the molecule is C[C@H]([NH2+][C@H](C)c1ccccc1Cl)c1nnc(-c2cccc(Cl)c2)o1. The molecule has 3 rings (SSSR count). The Bertz CT molecular complexity index is 834. The largest absolute Gasteiger partial charge is 0.415 e. The molecule has 2 N–H and O–H groups in total. The molecule has 1 heterocycles. The van der Waals surface area contributed by atoms with E-state index < -0.39 is 0 Å². The summed E-state index contributed by atoms with van der Waals surface area (Å²) in [6.45, 7) is 4.13. The zero-order valence-corrected chi connectivity index (χ0v) is 14.9. The van der Waals surface area contributed by atoms with Gasteiger partial charge in [-0.15, -0.1) is 10.2 Å². The highest BCUT2D eigenvalue weighted by atomic mass is 35.5. The van der Waals surface area contributed by atoms with Crippen molar-refractivity contribution in [2.24, 2.45) is 0 Å². The fourth-order valence-electron chi connectivity index (χ4n) is 2.62. The molecule has 24 heavy (non-hydrogen) atoms. The monoisotopic (exact) mass is 362 g/mol.